The summed E-state index contributed by atoms with van der Waals surface area (Å²) >= 11 is 7.42. The van der Waals surface area contributed by atoms with E-state index in [0.717, 1.165) is 23.7 Å². The van der Waals surface area contributed by atoms with Gasteiger partial charge in [0.05, 0.1) is 10.9 Å². The van der Waals surface area contributed by atoms with E-state index < -0.39 is 0 Å². The molecule has 0 fully saturated rings. The van der Waals surface area contributed by atoms with Crippen LogP contribution in [-0.4, -0.2) is 25.2 Å². The zero-order chi connectivity index (χ0) is 12.7. The fourth-order valence-electron chi connectivity index (χ4n) is 1.49. The van der Waals surface area contributed by atoms with Gasteiger partial charge in [-0.2, -0.15) is 0 Å². The molecule has 0 radical (unpaired) electrons. The highest BCUT2D eigenvalue weighted by Crippen LogP contribution is 2.21. The Labute approximate surface area is 111 Å². The zero-order valence-electron chi connectivity index (χ0n) is 10.2. The molecule has 0 bridgehead atoms. The zero-order valence-corrected chi connectivity index (χ0v) is 11.7. The van der Waals surface area contributed by atoms with Crippen molar-refractivity contribution in [2.45, 2.75) is 32.7 Å². The molecule has 17 heavy (non-hydrogen) atoms. The molecule has 1 rings (SSSR count). The predicted octanol–water partition coefficient (Wildman–Crippen LogP) is 2.88. The molecule has 5 heteroatoms. The van der Waals surface area contributed by atoms with E-state index in [1.807, 2.05) is 26.0 Å². The molecule has 0 aliphatic rings. The van der Waals surface area contributed by atoms with Crippen molar-refractivity contribution in [1.82, 2.24) is 5.32 Å². The van der Waals surface area contributed by atoms with Crippen LogP contribution < -0.4 is 5.32 Å². The molecule has 1 aromatic rings. The van der Waals surface area contributed by atoms with Crippen LogP contribution in [0.3, 0.4) is 0 Å². The maximum atomic E-state index is 11.5. The van der Waals surface area contributed by atoms with Gasteiger partial charge in [-0.25, -0.2) is 0 Å². The lowest BCUT2D eigenvalue weighted by Gasteiger charge is -2.14. The minimum absolute atomic E-state index is 0.167. The Bertz CT molecular complexity index is 354. The molecule has 0 aliphatic heterocycles. The van der Waals surface area contributed by atoms with Crippen LogP contribution in [0.1, 0.15) is 25.1 Å². The number of rotatable bonds is 7. The van der Waals surface area contributed by atoms with E-state index in [2.05, 4.69) is 5.32 Å². The minimum Gasteiger partial charge on any atom is -0.465 e. The normalized spacial score (nSPS) is 12.4. The van der Waals surface area contributed by atoms with E-state index in [9.17, 15) is 4.79 Å². The van der Waals surface area contributed by atoms with Crippen molar-refractivity contribution < 1.29 is 9.53 Å². The van der Waals surface area contributed by atoms with Crippen molar-refractivity contribution in [1.29, 1.82) is 0 Å². The fraction of sp³-hybridized carbons (Fsp3) is 0.583. The third kappa shape index (κ3) is 5.06. The van der Waals surface area contributed by atoms with E-state index in [4.69, 9.17) is 16.3 Å². The summed E-state index contributed by atoms with van der Waals surface area (Å²) in [5, 5.41) is 3.20. The Morgan fingerprint density at radius 2 is 2.29 bits per heavy atom. The van der Waals surface area contributed by atoms with Gasteiger partial charge < -0.3 is 10.1 Å². The second kappa shape index (κ2) is 7.69. The molecule has 1 atom stereocenters. The first kappa shape index (κ1) is 14.5. The molecule has 1 aromatic heterocycles. The molecular formula is C12H18ClNO2S. The highest BCUT2D eigenvalue weighted by Gasteiger charge is 2.16. The largest absolute Gasteiger partial charge is 0.465 e. The summed E-state index contributed by atoms with van der Waals surface area (Å²) in [5.41, 5.74) is 0. The van der Waals surface area contributed by atoms with Gasteiger partial charge in [0.15, 0.2) is 0 Å². The minimum atomic E-state index is -0.203. The first-order chi connectivity index (χ1) is 8.17. The standard InChI is InChI=1S/C12H18ClNO2S/c1-3-10(12(15)16-4-2)14-8-7-9-5-6-11(13)17-9/h5-6,10,14H,3-4,7-8H2,1-2H3. The van der Waals surface area contributed by atoms with Gasteiger partial charge in [-0.1, -0.05) is 18.5 Å². The molecule has 96 valence electrons. The quantitative estimate of drug-likeness (QED) is 0.778. The van der Waals surface area contributed by atoms with Crippen molar-refractivity contribution in [2.24, 2.45) is 0 Å². The first-order valence-electron chi connectivity index (χ1n) is 5.81. The summed E-state index contributed by atoms with van der Waals surface area (Å²) in [6.45, 7) is 4.97. The summed E-state index contributed by atoms with van der Waals surface area (Å²) in [6.07, 6.45) is 1.62. The molecule has 1 N–H and O–H groups in total. The second-order valence-corrected chi connectivity index (χ2v) is 5.42. The second-order valence-electron chi connectivity index (χ2n) is 3.62. The van der Waals surface area contributed by atoms with E-state index in [1.54, 1.807) is 11.3 Å². The number of carbonyl (C=O) groups excluding carboxylic acids is 1. The molecule has 0 saturated carbocycles. The highest BCUT2D eigenvalue weighted by atomic mass is 35.5. The van der Waals surface area contributed by atoms with Crippen LogP contribution in [0.15, 0.2) is 12.1 Å². The first-order valence-corrected chi connectivity index (χ1v) is 7.01. The van der Waals surface area contributed by atoms with Crippen molar-refractivity contribution in [3.63, 3.8) is 0 Å². The molecule has 3 nitrogen and oxygen atoms in total. The van der Waals surface area contributed by atoms with Crippen molar-refractivity contribution in [2.75, 3.05) is 13.2 Å². The molecule has 0 aliphatic carbocycles. The number of nitrogens with one attached hydrogen (secondary N) is 1. The lowest BCUT2D eigenvalue weighted by molar-refractivity contribution is -0.145. The lowest BCUT2D eigenvalue weighted by atomic mass is 10.2. The number of hydrogen-bond donors (Lipinski definition) is 1. The van der Waals surface area contributed by atoms with Gasteiger partial charge in [0, 0.05) is 11.4 Å². The number of carbonyl (C=O) groups is 1. The Balaban J connectivity index is 2.30. The van der Waals surface area contributed by atoms with Gasteiger partial charge >= 0.3 is 5.97 Å². The van der Waals surface area contributed by atoms with Crippen molar-refractivity contribution >= 4 is 28.9 Å². The average Bonchev–Trinajstić information content (AvgIpc) is 2.71. The number of hydrogen-bond acceptors (Lipinski definition) is 4. The number of ether oxygens (including phenoxy) is 1. The van der Waals surface area contributed by atoms with E-state index >= 15 is 0 Å². The van der Waals surface area contributed by atoms with Gasteiger partial charge in [-0.15, -0.1) is 11.3 Å². The van der Waals surface area contributed by atoms with Gasteiger partial charge in [0.1, 0.15) is 6.04 Å². The molecule has 0 saturated heterocycles. The number of thiophene rings is 1. The smallest absolute Gasteiger partial charge is 0.323 e. The van der Waals surface area contributed by atoms with Crippen LogP contribution in [0.2, 0.25) is 4.34 Å². The van der Waals surface area contributed by atoms with Gasteiger partial charge in [-0.05, 0) is 31.9 Å². The average molecular weight is 276 g/mol. The van der Waals surface area contributed by atoms with Crippen LogP contribution in [0.4, 0.5) is 0 Å². The summed E-state index contributed by atoms with van der Waals surface area (Å²) < 4.78 is 5.79. The monoisotopic (exact) mass is 275 g/mol. The fourth-order valence-corrected chi connectivity index (χ4v) is 2.58. The van der Waals surface area contributed by atoms with Gasteiger partial charge in [-0.3, -0.25) is 4.79 Å². The van der Waals surface area contributed by atoms with Crippen molar-refractivity contribution in [3.8, 4) is 0 Å². The Morgan fingerprint density at radius 3 is 2.82 bits per heavy atom. The molecule has 1 unspecified atom stereocenters. The Kier molecular flexibility index (Phi) is 6.55. The van der Waals surface area contributed by atoms with Crippen LogP contribution in [0.5, 0.6) is 0 Å². The van der Waals surface area contributed by atoms with Gasteiger partial charge in [0.25, 0.3) is 0 Å². The third-order valence-corrected chi connectivity index (χ3v) is 3.66. The molecule has 1 heterocycles. The summed E-state index contributed by atoms with van der Waals surface area (Å²) in [5.74, 6) is -0.167. The molecule has 0 aromatic carbocycles. The Hall–Kier alpha value is -0.580. The summed E-state index contributed by atoms with van der Waals surface area (Å²) in [7, 11) is 0. The van der Waals surface area contributed by atoms with Crippen LogP contribution in [0.25, 0.3) is 0 Å². The maximum absolute atomic E-state index is 11.5. The van der Waals surface area contributed by atoms with Crippen LogP contribution in [-0.2, 0) is 16.0 Å². The van der Waals surface area contributed by atoms with Crippen molar-refractivity contribution in [3.05, 3.63) is 21.3 Å². The van der Waals surface area contributed by atoms with E-state index in [0.29, 0.717) is 6.61 Å². The number of halogens is 1. The molecule has 0 amide bonds. The summed E-state index contributed by atoms with van der Waals surface area (Å²) in [4.78, 5) is 12.7. The highest BCUT2D eigenvalue weighted by molar-refractivity contribution is 7.16. The Morgan fingerprint density at radius 1 is 1.53 bits per heavy atom. The van der Waals surface area contributed by atoms with Crippen LogP contribution >= 0.6 is 22.9 Å². The molecular weight excluding hydrogens is 258 g/mol. The predicted molar refractivity (Wildman–Crippen MR) is 71.7 cm³/mol. The maximum Gasteiger partial charge on any atom is 0.323 e. The van der Waals surface area contributed by atoms with Crippen LogP contribution in [0, 0.1) is 0 Å². The molecule has 0 spiro atoms. The summed E-state index contributed by atoms with van der Waals surface area (Å²) in [6, 6.07) is 3.70. The van der Waals surface area contributed by atoms with E-state index in [-0.39, 0.29) is 12.0 Å². The SMILES string of the molecule is CCOC(=O)C(CC)NCCc1ccc(Cl)s1. The van der Waals surface area contributed by atoms with E-state index in [1.165, 1.54) is 4.88 Å². The topological polar surface area (TPSA) is 38.3 Å². The number of esters is 1. The third-order valence-electron chi connectivity index (χ3n) is 2.37. The van der Waals surface area contributed by atoms with Gasteiger partial charge in [0.2, 0.25) is 0 Å². The lowest BCUT2D eigenvalue weighted by Crippen LogP contribution is -2.38.